The zero-order valence-corrected chi connectivity index (χ0v) is 15.0. The summed E-state index contributed by atoms with van der Waals surface area (Å²) in [4.78, 5) is 18.7. The van der Waals surface area contributed by atoms with E-state index in [0.717, 1.165) is 23.4 Å². The zero-order chi connectivity index (χ0) is 19.4. The first-order chi connectivity index (χ1) is 13.0. The van der Waals surface area contributed by atoms with E-state index in [2.05, 4.69) is 10.3 Å². The van der Waals surface area contributed by atoms with Gasteiger partial charge in [0.15, 0.2) is 0 Å². The third kappa shape index (κ3) is 4.28. The van der Waals surface area contributed by atoms with Gasteiger partial charge in [-0.2, -0.15) is 0 Å². The van der Waals surface area contributed by atoms with Crippen molar-refractivity contribution in [1.82, 2.24) is 4.98 Å². The molecule has 0 atom stereocenters. The van der Waals surface area contributed by atoms with Crippen LogP contribution in [0.4, 0.5) is 25.8 Å². The Labute approximate surface area is 156 Å². The number of rotatable bonds is 5. The molecule has 0 unspecified atom stereocenters. The van der Waals surface area contributed by atoms with Crippen molar-refractivity contribution in [2.24, 2.45) is 0 Å². The lowest BCUT2D eigenvalue weighted by Crippen LogP contribution is -2.30. The highest BCUT2D eigenvalue weighted by atomic mass is 19.1. The molecular weight excluding hydrogens is 348 g/mol. The van der Waals surface area contributed by atoms with Crippen LogP contribution < -0.4 is 10.2 Å². The van der Waals surface area contributed by atoms with Crippen molar-refractivity contribution in [1.29, 1.82) is 0 Å². The third-order valence-corrected chi connectivity index (χ3v) is 4.07. The first-order valence-electron chi connectivity index (χ1n) is 8.53. The topological polar surface area (TPSA) is 45.2 Å². The van der Waals surface area contributed by atoms with Crippen molar-refractivity contribution >= 4 is 23.0 Å². The molecule has 0 aliphatic carbocycles. The van der Waals surface area contributed by atoms with Gasteiger partial charge in [0.25, 0.3) is 5.91 Å². The second-order valence-electron chi connectivity index (χ2n) is 6.10. The summed E-state index contributed by atoms with van der Waals surface area (Å²) in [6.45, 7) is 4.35. The fourth-order valence-corrected chi connectivity index (χ4v) is 2.77. The molecule has 1 heterocycles. The first kappa shape index (κ1) is 18.5. The van der Waals surface area contributed by atoms with Crippen LogP contribution in [-0.4, -0.2) is 17.4 Å². The molecule has 138 valence electrons. The minimum Gasteiger partial charge on any atom is -0.352 e. The Kier molecular flexibility index (Phi) is 5.45. The number of aryl methyl sites for hydroxylation is 1. The number of hydrogen-bond donors (Lipinski definition) is 1. The maximum atomic E-state index is 13.8. The standard InChI is InChI=1S/C21H19F2N3O/c1-3-26(18-6-4-5-14(2)9-18)21(27)15-10-17(13-24-12-15)25-20-8-7-16(22)11-19(20)23/h4-13,25H,3H2,1-2H3. The lowest BCUT2D eigenvalue weighted by Gasteiger charge is -2.21. The van der Waals surface area contributed by atoms with Gasteiger partial charge in [0, 0.05) is 24.5 Å². The summed E-state index contributed by atoms with van der Waals surface area (Å²) < 4.78 is 26.9. The number of hydrogen-bond acceptors (Lipinski definition) is 3. The Morgan fingerprint density at radius 3 is 2.63 bits per heavy atom. The number of aromatic nitrogens is 1. The van der Waals surface area contributed by atoms with Gasteiger partial charge in [-0.05, 0) is 49.7 Å². The molecule has 0 fully saturated rings. The van der Waals surface area contributed by atoms with Crippen molar-refractivity contribution in [2.75, 3.05) is 16.8 Å². The van der Waals surface area contributed by atoms with Crippen LogP contribution in [0, 0.1) is 18.6 Å². The normalized spacial score (nSPS) is 10.5. The van der Waals surface area contributed by atoms with Crippen LogP contribution in [0.2, 0.25) is 0 Å². The predicted octanol–water partition coefficient (Wildman–Crippen LogP) is 5.08. The Morgan fingerprint density at radius 1 is 1.11 bits per heavy atom. The number of amides is 1. The maximum absolute atomic E-state index is 13.8. The van der Waals surface area contributed by atoms with Gasteiger partial charge in [-0.25, -0.2) is 8.78 Å². The molecular formula is C21H19F2N3O. The zero-order valence-electron chi connectivity index (χ0n) is 15.0. The number of nitrogens with one attached hydrogen (secondary N) is 1. The van der Waals surface area contributed by atoms with Crippen molar-refractivity contribution in [3.8, 4) is 0 Å². The monoisotopic (exact) mass is 367 g/mol. The van der Waals surface area contributed by atoms with E-state index in [4.69, 9.17) is 0 Å². The van der Waals surface area contributed by atoms with Gasteiger partial charge in [0.2, 0.25) is 0 Å². The summed E-state index contributed by atoms with van der Waals surface area (Å²) in [5.74, 6) is -1.59. The van der Waals surface area contributed by atoms with E-state index in [1.807, 2.05) is 38.1 Å². The van der Waals surface area contributed by atoms with Gasteiger partial charge in [0.05, 0.1) is 23.1 Å². The van der Waals surface area contributed by atoms with Crippen LogP contribution in [0.25, 0.3) is 0 Å². The third-order valence-electron chi connectivity index (χ3n) is 4.07. The van der Waals surface area contributed by atoms with Crippen LogP contribution in [0.15, 0.2) is 60.9 Å². The van der Waals surface area contributed by atoms with Crippen molar-refractivity contribution in [3.63, 3.8) is 0 Å². The number of benzene rings is 2. The average Bonchev–Trinajstić information content (AvgIpc) is 2.65. The minimum atomic E-state index is -0.721. The highest BCUT2D eigenvalue weighted by molar-refractivity contribution is 6.06. The number of carbonyl (C=O) groups is 1. The second kappa shape index (κ2) is 7.95. The number of pyridine rings is 1. The van der Waals surface area contributed by atoms with Crippen LogP contribution in [0.5, 0.6) is 0 Å². The SMILES string of the molecule is CCN(C(=O)c1cncc(Nc2ccc(F)cc2F)c1)c1cccc(C)c1. The Bertz CT molecular complexity index is 975. The highest BCUT2D eigenvalue weighted by Crippen LogP contribution is 2.23. The molecule has 0 bridgehead atoms. The molecule has 3 rings (SSSR count). The molecule has 1 N–H and O–H groups in total. The number of halogens is 2. The summed E-state index contributed by atoms with van der Waals surface area (Å²) in [6, 6.07) is 12.5. The smallest absolute Gasteiger partial charge is 0.259 e. The van der Waals surface area contributed by atoms with Gasteiger partial charge in [0.1, 0.15) is 11.6 Å². The molecule has 0 saturated carbocycles. The fraction of sp³-hybridized carbons (Fsp3) is 0.143. The van der Waals surface area contributed by atoms with Gasteiger partial charge in [-0.3, -0.25) is 9.78 Å². The number of nitrogens with zero attached hydrogens (tertiary/aromatic N) is 2. The van der Waals surface area contributed by atoms with Gasteiger partial charge in [-0.1, -0.05) is 12.1 Å². The van der Waals surface area contributed by atoms with E-state index in [-0.39, 0.29) is 11.6 Å². The summed E-state index contributed by atoms with van der Waals surface area (Å²) >= 11 is 0. The largest absolute Gasteiger partial charge is 0.352 e. The quantitative estimate of drug-likeness (QED) is 0.684. The molecule has 0 aliphatic rings. The van der Waals surface area contributed by atoms with Crippen LogP contribution in [0.3, 0.4) is 0 Å². The lowest BCUT2D eigenvalue weighted by atomic mass is 10.1. The van der Waals surface area contributed by atoms with Crippen LogP contribution >= 0.6 is 0 Å². The maximum Gasteiger partial charge on any atom is 0.259 e. The molecule has 2 aromatic carbocycles. The van der Waals surface area contributed by atoms with Gasteiger partial charge >= 0.3 is 0 Å². The van der Waals surface area contributed by atoms with E-state index >= 15 is 0 Å². The fourth-order valence-electron chi connectivity index (χ4n) is 2.77. The van der Waals surface area contributed by atoms with Crippen molar-refractivity contribution in [2.45, 2.75) is 13.8 Å². The molecule has 0 spiro atoms. The molecule has 1 amide bonds. The lowest BCUT2D eigenvalue weighted by molar-refractivity contribution is 0.0988. The van der Waals surface area contributed by atoms with Gasteiger partial charge < -0.3 is 10.2 Å². The van der Waals surface area contributed by atoms with E-state index in [1.54, 1.807) is 11.0 Å². The summed E-state index contributed by atoms with van der Waals surface area (Å²) in [6.07, 6.45) is 2.94. The molecule has 27 heavy (non-hydrogen) atoms. The molecule has 3 aromatic rings. The van der Waals surface area contributed by atoms with Crippen molar-refractivity contribution < 1.29 is 13.6 Å². The number of anilines is 3. The molecule has 1 aromatic heterocycles. The highest BCUT2D eigenvalue weighted by Gasteiger charge is 2.17. The molecule has 4 nitrogen and oxygen atoms in total. The van der Waals surface area contributed by atoms with E-state index < -0.39 is 11.6 Å². The van der Waals surface area contributed by atoms with Gasteiger partial charge in [-0.15, -0.1) is 0 Å². The van der Waals surface area contributed by atoms with E-state index in [9.17, 15) is 13.6 Å². The van der Waals surface area contributed by atoms with E-state index in [0.29, 0.717) is 17.8 Å². The molecule has 0 aliphatic heterocycles. The first-order valence-corrected chi connectivity index (χ1v) is 8.53. The van der Waals surface area contributed by atoms with E-state index in [1.165, 1.54) is 18.5 Å². The van der Waals surface area contributed by atoms with Crippen molar-refractivity contribution in [3.05, 3.63) is 83.7 Å². The molecule has 6 heteroatoms. The Morgan fingerprint density at radius 2 is 1.93 bits per heavy atom. The minimum absolute atomic E-state index is 0.105. The molecule has 0 radical (unpaired) electrons. The predicted molar refractivity (Wildman–Crippen MR) is 102 cm³/mol. The summed E-state index contributed by atoms with van der Waals surface area (Å²) in [5.41, 5.74) is 2.76. The van der Waals surface area contributed by atoms with Crippen LogP contribution in [-0.2, 0) is 0 Å². The second-order valence-corrected chi connectivity index (χ2v) is 6.10. The summed E-state index contributed by atoms with van der Waals surface area (Å²) in [7, 11) is 0. The van der Waals surface area contributed by atoms with Crippen LogP contribution in [0.1, 0.15) is 22.8 Å². The molecule has 0 saturated heterocycles. The Hall–Kier alpha value is -3.28. The average molecular weight is 367 g/mol. The Balaban J connectivity index is 1.86. The number of carbonyl (C=O) groups excluding carboxylic acids is 1. The summed E-state index contributed by atoms with van der Waals surface area (Å²) in [5, 5.41) is 2.83.